The molecule has 0 radical (unpaired) electrons. The molecular weight excluding hydrogens is 375 g/mol. The molecule has 0 amide bonds. The van der Waals surface area contributed by atoms with Gasteiger partial charge in [-0.3, -0.25) is 0 Å². The second-order valence-electron chi connectivity index (χ2n) is 7.12. The summed E-state index contributed by atoms with van der Waals surface area (Å²) in [6, 6.07) is 4.47. The first kappa shape index (κ1) is 20.6. The van der Waals surface area contributed by atoms with Gasteiger partial charge in [0.1, 0.15) is 11.5 Å². The number of carbonyl (C=O) groups excluding carboxylic acids is 2. The number of anilines is 2. The average molecular weight is 400 g/mol. The van der Waals surface area contributed by atoms with Crippen molar-refractivity contribution in [1.82, 2.24) is 0 Å². The van der Waals surface area contributed by atoms with Gasteiger partial charge in [-0.05, 0) is 49.1 Å². The van der Waals surface area contributed by atoms with E-state index >= 15 is 0 Å². The number of halogens is 1. The second-order valence-corrected chi connectivity index (χ2v) is 7.12. The maximum atomic E-state index is 14.3. The SMILES string of the molecule is COC(=O)C1=C(C(=O)OC)N(c2cc(F)ccc2N2CCC(C)CC2)C=CC=C1. The van der Waals surface area contributed by atoms with Crippen molar-refractivity contribution in [3.8, 4) is 0 Å². The summed E-state index contributed by atoms with van der Waals surface area (Å²) < 4.78 is 24.0. The summed E-state index contributed by atoms with van der Waals surface area (Å²) in [4.78, 5) is 28.7. The number of nitrogens with zero attached hydrogens (tertiary/aromatic N) is 2. The Hall–Kier alpha value is -3.09. The summed E-state index contributed by atoms with van der Waals surface area (Å²) in [5.41, 5.74) is 1.25. The minimum atomic E-state index is -0.718. The summed E-state index contributed by atoms with van der Waals surface area (Å²) in [6.45, 7) is 3.88. The third kappa shape index (κ3) is 4.34. The molecule has 6 nitrogen and oxygen atoms in total. The zero-order valence-corrected chi connectivity index (χ0v) is 16.9. The predicted octanol–water partition coefficient (Wildman–Crippen LogP) is 3.55. The topological polar surface area (TPSA) is 59.1 Å². The molecule has 0 unspecified atom stereocenters. The molecular formula is C22H25FN2O4. The maximum absolute atomic E-state index is 14.3. The molecule has 0 saturated carbocycles. The van der Waals surface area contributed by atoms with Crippen LogP contribution in [0, 0.1) is 11.7 Å². The lowest BCUT2D eigenvalue weighted by Gasteiger charge is -2.35. The summed E-state index contributed by atoms with van der Waals surface area (Å²) >= 11 is 0. The normalized spacial score (nSPS) is 17.4. The molecule has 0 bridgehead atoms. The number of ether oxygens (including phenoxy) is 2. The van der Waals surface area contributed by atoms with Crippen molar-refractivity contribution in [3.05, 3.63) is 59.7 Å². The van der Waals surface area contributed by atoms with E-state index in [4.69, 9.17) is 9.47 Å². The van der Waals surface area contributed by atoms with E-state index in [1.54, 1.807) is 24.4 Å². The van der Waals surface area contributed by atoms with E-state index in [-0.39, 0.29) is 11.3 Å². The van der Waals surface area contributed by atoms with Crippen molar-refractivity contribution < 1.29 is 23.5 Å². The van der Waals surface area contributed by atoms with Crippen LogP contribution in [0.3, 0.4) is 0 Å². The Balaban J connectivity index is 2.15. The molecule has 0 aliphatic carbocycles. The zero-order valence-electron chi connectivity index (χ0n) is 16.9. The molecule has 2 aliphatic rings. The van der Waals surface area contributed by atoms with Crippen LogP contribution in [0.25, 0.3) is 0 Å². The van der Waals surface area contributed by atoms with Crippen molar-refractivity contribution in [2.45, 2.75) is 19.8 Å². The Morgan fingerprint density at radius 2 is 1.72 bits per heavy atom. The molecule has 0 atom stereocenters. The van der Waals surface area contributed by atoms with Crippen molar-refractivity contribution in [2.24, 2.45) is 5.92 Å². The fourth-order valence-corrected chi connectivity index (χ4v) is 3.56. The van der Waals surface area contributed by atoms with Crippen LogP contribution in [-0.4, -0.2) is 39.2 Å². The van der Waals surface area contributed by atoms with Crippen LogP contribution in [0.1, 0.15) is 19.8 Å². The number of methoxy groups -OCH3 is 2. The van der Waals surface area contributed by atoms with Crippen LogP contribution in [-0.2, 0) is 19.1 Å². The van der Waals surface area contributed by atoms with E-state index < -0.39 is 17.8 Å². The molecule has 29 heavy (non-hydrogen) atoms. The Kier molecular flexibility index (Phi) is 6.36. The van der Waals surface area contributed by atoms with E-state index in [0.717, 1.165) is 31.6 Å². The molecule has 0 spiro atoms. The van der Waals surface area contributed by atoms with Gasteiger partial charge in [-0.15, -0.1) is 0 Å². The first-order valence-electron chi connectivity index (χ1n) is 9.55. The molecule has 1 aromatic rings. The third-order valence-corrected chi connectivity index (χ3v) is 5.21. The Bertz CT molecular complexity index is 883. The Morgan fingerprint density at radius 1 is 1.03 bits per heavy atom. The van der Waals surface area contributed by atoms with Crippen molar-refractivity contribution >= 4 is 23.3 Å². The second kappa shape index (κ2) is 8.94. The highest BCUT2D eigenvalue weighted by Crippen LogP contribution is 2.37. The lowest BCUT2D eigenvalue weighted by molar-refractivity contribution is -0.139. The number of piperidine rings is 1. The van der Waals surface area contributed by atoms with Crippen LogP contribution in [0.5, 0.6) is 0 Å². The van der Waals surface area contributed by atoms with Crippen LogP contribution in [0.15, 0.2) is 53.9 Å². The van der Waals surface area contributed by atoms with Crippen LogP contribution < -0.4 is 9.80 Å². The van der Waals surface area contributed by atoms with E-state index in [2.05, 4.69) is 11.8 Å². The third-order valence-electron chi connectivity index (χ3n) is 5.21. The fraction of sp³-hybridized carbons (Fsp3) is 0.364. The molecule has 1 saturated heterocycles. The van der Waals surface area contributed by atoms with Gasteiger partial charge in [0.05, 0.1) is 31.2 Å². The van der Waals surface area contributed by atoms with E-state index in [0.29, 0.717) is 11.6 Å². The summed E-state index contributed by atoms with van der Waals surface area (Å²) in [7, 11) is 2.47. The lowest BCUT2D eigenvalue weighted by Crippen LogP contribution is -2.35. The molecule has 1 fully saturated rings. The number of esters is 2. The minimum absolute atomic E-state index is 0.0263. The quantitative estimate of drug-likeness (QED) is 0.721. The first-order valence-corrected chi connectivity index (χ1v) is 9.55. The van der Waals surface area contributed by atoms with Gasteiger partial charge in [0.15, 0.2) is 0 Å². The Morgan fingerprint density at radius 3 is 2.38 bits per heavy atom. The average Bonchev–Trinajstić information content (AvgIpc) is 2.96. The molecule has 2 heterocycles. The number of hydrogen-bond donors (Lipinski definition) is 0. The highest BCUT2D eigenvalue weighted by molar-refractivity contribution is 6.06. The van der Waals surface area contributed by atoms with Gasteiger partial charge in [-0.25, -0.2) is 14.0 Å². The summed E-state index contributed by atoms with van der Waals surface area (Å²) in [6.07, 6.45) is 8.45. The largest absolute Gasteiger partial charge is 0.465 e. The number of benzene rings is 1. The molecule has 7 heteroatoms. The standard InChI is InChI=1S/C22H25FN2O4/c1-15-9-12-24(13-10-15)18-8-7-16(23)14-19(18)25-11-5-4-6-17(21(26)28-2)20(25)22(27)29-3/h4-8,11,14-15H,9-10,12-13H2,1-3H3. The number of rotatable bonds is 4. The van der Waals surface area contributed by atoms with E-state index in [9.17, 15) is 14.0 Å². The van der Waals surface area contributed by atoms with Crippen LogP contribution in [0.2, 0.25) is 0 Å². The fourth-order valence-electron chi connectivity index (χ4n) is 3.56. The van der Waals surface area contributed by atoms with Gasteiger partial charge in [0.2, 0.25) is 0 Å². The molecule has 3 rings (SSSR count). The smallest absolute Gasteiger partial charge is 0.355 e. The monoisotopic (exact) mass is 400 g/mol. The van der Waals surface area contributed by atoms with Crippen LogP contribution in [0.4, 0.5) is 15.8 Å². The van der Waals surface area contributed by atoms with Gasteiger partial charge in [0.25, 0.3) is 0 Å². The van der Waals surface area contributed by atoms with Gasteiger partial charge >= 0.3 is 11.9 Å². The highest BCUT2D eigenvalue weighted by atomic mass is 19.1. The molecule has 154 valence electrons. The summed E-state index contributed by atoms with van der Waals surface area (Å²) in [5.74, 6) is -1.21. The molecule has 0 aromatic heterocycles. The van der Waals surface area contributed by atoms with Gasteiger partial charge in [0, 0.05) is 19.3 Å². The van der Waals surface area contributed by atoms with Crippen molar-refractivity contribution in [3.63, 3.8) is 0 Å². The van der Waals surface area contributed by atoms with Gasteiger partial charge in [-0.1, -0.05) is 13.0 Å². The first-order chi connectivity index (χ1) is 14.0. The zero-order chi connectivity index (χ0) is 21.0. The minimum Gasteiger partial charge on any atom is -0.465 e. The number of carbonyl (C=O) groups is 2. The van der Waals surface area contributed by atoms with Crippen molar-refractivity contribution in [1.29, 1.82) is 0 Å². The Labute approximate surface area is 169 Å². The molecule has 0 N–H and O–H groups in total. The van der Waals surface area contributed by atoms with E-state index in [1.165, 1.54) is 37.3 Å². The molecule has 1 aromatic carbocycles. The molecule has 2 aliphatic heterocycles. The number of allylic oxidation sites excluding steroid dienone is 2. The number of hydrogen-bond acceptors (Lipinski definition) is 6. The van der Waals surface area contributed by atoms with Gasteiger partial charge < -0.3 is 19.3 Å². The maximum Gasteiger partial charge on any atom is 0.355 e. The van der Waals surface area contributed by atoms with Gasteiger partial charge in [-0.2, -0.15) is 0 Å². The van der Waals surface area contributed by atoms with E-state index in [1.807, 2.05) is 0 Å². The van der Waals surface area contributed by atoms with Crippen molar-refractivity contribution in [2.75, 3.05) is 37.1 Å². The predicted molar refractivity (Wildman–Crippen MR) is 109 cm³/mol. The highest BCUT2D eigenvalue weighted by Gasteiger charge is 2.30. The lowest BCUT2D eigenvalue weighted by atomic mass is 9.98. The van der Waals surface area contributed by atoms with Crippen LogP contribution >= 0.6 is 0 Å². The summed E-state index contributed by atoms with van der Waals surface area (Å²) in [5, 5.41) is 0.